The van der Waals surface area contributed by atoms with E-state index in [-0.39, 0.29) is 0 Å². The van der Waals surface area contributed by atoms with Gasteiger partial charge in [-0.15, -0.1) is 0 Å². The monoisotopic (exact) mass is 279 g/mol. The Labute approximate surface area is 121 Å². The molecule has 0 bridgehead atoms. The summed E-state index contributed by atoms with van der Waals surface area (Å²) in [6, 6.07) is 4.41. The second-order valence-electron chi connectivity index (χ2n) is 5.33. The number of nitrogens with one attached hydrogen (secondary N) is 1. The van der Waals surface area contributed by atoms with Crippen LogP contribution in [0.5, 0.6) is 17.2 Å². The van der Waals surface area contributed by atoms with E-state index in [1.165, 1.54) is 24.8 Å². The van der Waals surface area contributed by atoms with E-state index in [4.69, 9.17) is 14.2 Å². The number of hydrogen-bond acceptors (Lipinski definition) is 4. The van der Waals surface area contributed by atoms with Crippen LogP contribution in [0.1, 0.15) is 37.3 Å². The predicted octanol–water partition coefficient (Wildman–Crippen LogP) is 3.16. The van der Waals surface area contributed by atoms with E-state index < -0.39 is 0 Å². The molecule has 0 spiro atoms. The summed E-state index contributed by atoms with van der Waals surface area (Å²) < 4.78 is 16.2. The van der Waals surface area contributed by atoms with E-state index in [1.54, 1.807) is 21.3 Å². The molecule has 1 aromatic rings. The van der Waals surface area contributed by atoms with Crippen molar-refractivity contribution in [2.45, 2.75) is 31.7 Å². The summed E-state index contributed by atoms with van der Waals surface area (Å²) in [5.41, 5.74) is 1.19. The Morgan fingerprint density at radius 3 is 2.05 bits per heavy atom. The maximum Gasteiger partial charge on any atom is 0.203 e. The third kappa shape index (κ3) is 3.01. The van der Waals surface area contributed by atoms with Crippen LogP contribution in [0.3, 0.4) is 0 Å². The van der Waals surface area contributed by atoms with Gasteiger partial charge in [0, 0.05) is 6.04 Å². The summed E-state index contributed by atoms with van der Waals surface area (Å²) in [4.78, 5) is 0. The van der Waals surface area contributed by atoms with Crippen LogP contribution in [0.2, 0.25) is 0 Å². The fourth-order valence-corrected chi connectivity index (χ4v) is 2.78. The molecule has 1 aliphatic rings. The van der Waals surface area contributed by atoms with Crippen LogP contribution in [0.15, 0.2) is 12.1 Å². The third-order valence-electron chi connectivity index (χ3n) is 4.23. The van der Waals surface area contributed by atoms with Gasteiger partial charge < -0.3 is 19.5 Å². The zero-order valence-electron chi connectivity index (χ0n) is 12.9. The van der Waals surface area contributed by atoms with Crippen LogP contribution in [0.25, 0.3) is 0 Å². The molecule has 4 heteroatoms. The molecule has 4 nitrogen and oxygen atoms in total. The molecule has 0 saturated heterocycles. The molecule has 1 fully saturated rings. The SMILES string of the molecule is CNC(CC1CCC1)c1cc(OC)c(OC)c(OC)c1. The Bertz CT molecular complexity index is 418. The minimum atomic E-state index is 0.328. The zero-order chi connectivity index (χ0) is 14.5. The molecular formula is C16H25NO3. The van der Waals surface area contributed by atoms with Gasteiger partial charge in [0.1, 0.15) is 0 Å². The maximum absolute atomic E-state index is 5.43. The molecule has 1 unspecified atom stereocenters. The average molecular weight is 279 g/mol. The minimum Gasteiger partial charge on any atom is -0.493 e. The van der Waals surface area contributed by atoms with Gasteiger partial charge in [0.15, 0.2) is 11.5 Å². The fraction of sp³-hybridized carbons (Fsp3) is 0.625. The lowest BCUT2D eigenvalue weighted by atomic mass is 9.79. The fourth-order valence-electron chi connectivity index (χ4n) is 2.78. The lowest BCUT2D eigenvalue weighted by molar-refractivity contribution is 0.264. The first-order chi connectivity index (χ1) is 9.73. The van der Waals surface area contributed by atoms with Crippen molar-refractivity contribution in [2.75, 3.05) is 28.4 Å². The van der Waals surface area contributed by atoms with Crippen molar-refractivity contribution >= 4 is 0 Å². The van der Waals surface area contributed by atoms with E-state index in [0.717, 1.165) is 23.8 Å². The van der Waals surface area contributed by atoms with Gasteiger partial charge in [-0.25, -0.2) is 0 Å². The molecule has 1 atom stereocenters. The molecule has 1 N–H and O–H groups in total. The second kappa shape index (κ2) is 6.84. The van der Waals surface area contributed by atoms with E-state index in [0.29, 0.717) is 11.8 Å². The molecular weight excluding hydrogens is 254 g/mol. The van der Waals surface area contributed by atoms with Gasteiger partial charge in [-0.3, -0.25) is 0 Å². The normalized spacial score (nSPS) is 16.4. The third-order valence-corrected chi connectivity index (χ3v) is 4.23. The van der Waals surface area contributed by atoms with Crippen LogP contribution in [-0.4, -0.2) is 28.4 Å². The molecule has 0 heterocycles. The lowest BCUT2D eigenvalue weighted by Gasteiger charge is -2.30. The van der Waals surface area contributed by atoms with Gasteiger partial charge in [0.05, 0.1) is 21.3 Å². The van der Waals surface area contributed by atoms with Crippen LogP contribution >= 0.6 is 0 Å². The number of hydrogen-bond donors (Lipinski definition) is 1. The summed E-state index contributed by atoms with van der Waals surface area (Å²) in [6.07, 6.45) is 5.23. The second-order valence-corrected chi connectivity index (χ2v) is 5.33. The quantitative estimate of drug-likeness (QED) is 0.832. The zero-order valence-corrected chi connectivity index (χ0v) is 12.9. The van der Waals surface area contributed by atoms with Crippen molar-refractivity contribution in [1.29, 1.82) is 0 Å². The van der Waals surface area contributed by atoms with Crippen LogP contribution in [0.4, 0.5) is 0 Å². The Balaban J connectivity index is 2.28. The van der Waals surface area contributed by atoms with Crippen molar-refractivity contribution < 1.29 is 14.2 Å². The first-order valence-corrected chi connectivity index (χ1v) is 7.20. The Kier molecular flexibility index (Phi) is 5.12. The first kappa shape index (κ1) is 15.0. The van der Waals surface area contributed by atoms with Crippen LogP contribution < -0.4 is 19.5 Å². The van der Waals surface area contributed by atoms with E-state index in [2.05, 4.69) is 5.32 Å². The molecule has 1 saturated carbocycles. The average Bonchev–Trinajstić information content (AvgIpc) is 2.44. The summed E-state index contributed by atoms with van der Waals surface area (Å²) >= 11 is 0. The largest absolute Gasteiger partial charge is 0.493 e. The van der Waals surface area contributed by atoms with Gasteiger partial charge in [-0.05, 0) is 37.1 Å². The van der Waals surface area contributed by atoms with Gasteiger partial charge >= 0.3 is 0 Å². The number of benzene rings is 1. The summed E-state index contributed by atoms with van der Waals surface area (Å²) in [7, 11) is 6.94. The highest BCUT2D eigenvalue weighted by molar-refractivity contribution is 5.54. The minimum absolute atomic E-state index is 0.328. The molecule has 112 valence electrons. The Hall–Kier alpha value is -1.42. The van der Waals surface area contributed by atoms with Gasteiger partial charge in [-0.2, -0.15) is 0 Å². The van der Waals surface area contributed by atoms with E-state index in [9.17, 15) is 0 Å². The highest BCUT2D eigenvalue weighted by Crippen LogP contribution is 2.42. The summed E-state index contributed by atoms with van der Waals surface area (Å²) in [5, 5.41) is 3.41. The molecule has 20 heavy (non-hydrogen) atoms. The highest BCUT2D eigenvalue weighted by atomic mass is 16.5. The smallest absolute Gasteiger partial charge is 0.203 e. The number of ether oxygens (including phenoxy) is 3. The Morgan fingerprint density at radius 1 is 1.10 bits per heavy atom. The van der Waals surface area contributed by atoms with Gasteiger partial charge in [0.2, 0.25) is 5.75 Å². The molecule has 2 rings (SSSR count). The van der Waals surface area contributed by atoms with Crippen LogP contribution in [0, 0.1) is 5.92 Å². The standard InChI is InChI=1S/C16H25NO3/c1-17-13(8-11-6-5-7-11)12-9-14(18-2)16(20-4)15(10-12)19-3/h9-11,13,17H,5-8H2,1-4H3. The summed E-state index contributed by atoms with van der Waals surface area (Å²) in [5.74, 6) is 2.93. The number of rotatable bonds is 7. The van der Waals surface area contributed by atoms with Gasteiger partial charge in [-0.1, -0.05) is 19.3 Å². The predicted molar refractivity (Wildman–Crippen MR) is 79.9 cm³/mol. The Morgan fingerprint density at radius 2 is 1.70 bits per heavy atom. The summed E-state index contributed by atoms with van der Waals surface area (Å²) in [6.45, 7) is 0. The first-order valence-electron chi connectivity index (χ1n) is 7.20. The molecule has 0 aromatic heterocycles. The molecule has 0 aliphatic heterocycles. The van der Waals surface area contributed by atoms with E-state index in [1.807, 2.05) is 19.2 Å². The van der Waals surface area contributed by atoms with Crippen LogP contribution in [-0.2, 0) is 0 Å². The molecule has 0 amide bonds. The molecule has 1 aromatic carbocycles. The maximum atomic E-state index is 5.43. The van der Waals surface area contributed by atoms with Crippen molar-refractivity contribution in [3.8, 4) is 17.2 Å². The van der Waals surface area contributed by atoms with Gasteiger partial charge in [0.25, 0.3) is 0 Å². The molecule has 1 aliphatic carbocycles. The van der Waals surface area contributed by atoms with Crippen molar-refractivity contribution in [2.24, 2.45) is 5.92 Å². The highest BCUT2D eigenvalue weighted by Gasteiger charge is 2.24. The number of methoxy groups -OCH3 is 3. The van der Waals surface area contributed by atoms with Crippen molar-refractivity contribution in [3.05, 3.63) is 17.7 Å². The van der Waals surface area contributed by atoms with Crippen molar-refractivity contribution in [3.63, 3.8) is 0 Å². The topological polar surface area (TPSA) is 39.7 Å². The lowest BCUT2D eigenvalue weighted by Crippen LogP contribution is -2.23. The molecule has 0 radical (unpaired) electrons. The van der Waals surface area contributed by atoms with Crippen molar-refractivity contribution in [1.82, 2.24) is 5.32 Å². The van der Waals surface area contributed by atoms with E-state index >= 15 is 0 Å².